The quantitative estimate of drug-likeness (QED) is 0.445. The second-order valence-corrected chi connectivity index (χ2v) is 10.9. The van der Waals surface area contributed by atoms with Crippen molar-refractivity contribution in [2.45, 2.75) is 91.0 Å². The van der Waals surface area contributed by atoms with Crippen molar-refractivity contribution in [1.29, 1.82) is 0 Å². The van der Waals surface area contributed by atoms with Crippen molar-refractivity contribution >= 4 is 11.9 Å². The third kappa shape index (κ3) is 3.26. The molecule has 2 heterocycles. The van der Waals surface area contributed by atoms with Gasteiger partial charge in [0.15, 0.2) is 11.8 Å². The Bertz CT molecular complexity index is 912. The molecule has 30 heavy (non-hydrogen) atoms. The van der Waals surface area contributed by atoms with Gasteiger partial charge in [-0.3, -0.25) is 0 Å². The van der Waals surface area contributed by atoms with E-state index in [1.54, 1.807) is 0 Å². The Morgan fingerprint density at radius 1 is 0.833 bits per heavy atom. The van der Waals surface area contributed by atoms with Crippen molar-refractivity contribution in [3.05, 3.63) is 65.2 Å². The van der Waals surface area contributed by atoms with Gasteiger partial charge in [0.25, 0.3) is 0 Å². The van der Waals surface area contributed by atoms with Crippen molar-refractivity contribution in [3.8, 4) is 0 Å². The van der Waals surface area contributed by atoms with E-state index in [-0.39, 0.29) is 11.0 Å². The van der Waals surface area contributed by atoms with Crippen LogP contribution in [0.3, 0.4) is 0 Å². The number of hydrogen-bond acceptors (Lipinski definition) is 0. The SMILES string of the molecule is CC(C)c1cccc(C(C)C)c1[N+]1=C[C@]2(C(C)c3ccccc3)CC[C@]1(C)C[C@@H]2C. The number of benzene rings is 2. The van der Waals surface area contributed by atoms with E-state index in [0.717, 1.165) is 0 Å². The Kier molecular flexibility index (Phi) is 5.45. The molecular weight excluding hydrogens is 362 g/mol. The van der Waals surface area contributed by atoms with Gasteiger partial charge in [-0.2, -0.15) is 4.58 Å². The van der Waals surface area contributed by atoms with Gasteiger partial charge in [-0.05, 0) is 35.7 Å². The van der Waals surface area contributed by atoms with E-state index >= 15 is 0 Å². The first-order chi connectivity index (χ1) is 14.2. The van der Waals surface area contributed by atoms with Crippen LogP contribution in [0.2, 0.25) is 0 Å². The van der Waals surface area contributed by atoms with Gasteiger partial charge in [0.1, 0.15) is 0 Å². The van der Waals surface area contributed by atoms with Gasteiger partial charge < -0.3 is 0 Å². The molecule has 1 nitrogen and oxygen atoms in total. The normalized spacial score (nSPS) is 29.4. The molecule has 160 valence electrons. The zero-order valence-corrected chi connectivity index (χ0v) is 20.1. The molecular formula is C29H40N+. The molecule has 2 aromatic carbocycles. The molecule has 0 saturated heterocycles. The lowest BCUT2D eigenvalue weighted by Gasteiger charge is -2.52. The van der Waals surface area contributed by atoms with Crippen molar-refractivity contribution in [1.82, 2.24) is 0 Å². The minimum atomic E-state index is 0.214. The van der Waals surface area contributed by atoms with Crippen LogP contribution in [0.1, 0.15) is 102 Å². The average Bonchev–Trinajstić information content (AvgIpc) is 2.73. The number of hydrogen-bond donors (Lipinski definition) is 0. The Morgan fingerprint density at radius 2 is 1.43 bits per heavy atom. The van der Waals surface area contributed by atoms with Crippen LogP contribution in [-0.4, -0.2) is 16.3 Å². The highest BCUT2D eigenvalue weighted by Gasteiger charge is 2.59. The minimum absolute atomic E-state index is 0.214. The summed E-state index contributed by atoms with van der Waals surface area (Å²) in [6, 6.07) is 18.2. The summed E-state index contributed by atoms with van der Waals surface area (Å²) in [5.41, 5.74) is 6.42. The predicted molar refractivity (Wildman–Crippen MR) is 129 cm³/mol. The summed E-state index contributed by atoms with van der Waals surface area (Å²) in [5.74, 6) is 2.26. The second kappa shape index (κ2) is 7.66. The van der Waals surface area contributed by atoms with Crippen molar-refractivity contribution in [2.75, 3.05) is 0 Å². The minimum Gasteiger partial charge on any atom is -0.197 e. The van der Waals surface area contributed by atoms with Crippen LogP contribution in [0.25, 0.3) is 0 Å². The molecule has 1 unspecified atom stereocenters. The largest absolute Gasteiger partial charge is 0.212 e. The molecule has 5 rings (SSSR count). The standard InChI is InChI=1S/C29H40N/c1-20(2)25-14-11-15-26(21(3)4)27(25)30-19-29(17-16-28(30,7)18-22(29)5)23(6)24-12-9-8-10-13-24/h8-15,19-23H,16-18H2,1-7H3/q+1/t22-,23?,28+,29+/m0/s1. The maximum absolute atomic E-state index is 2.75. The van der Waals surface area contributed by atoms with Gasteiger partial charge in [0.2, 0.25) is 5.69 Å². The number of fused-ring (bicyclic) bond motifs is 2. The van der Waals surface area contributed by atoms with Gasteiger partial charge in [0, 0.05) is 30.9 Å². The summed E-state index contributed by atoms with van der Waals surface area (Å²) >= 11 is 0. The molecule has 1 fully saturated rings. The molecule has 3 aliphatic rings. The molecule has 1 heteroatoms. The van der Waals surface area contributed by atoms with E-state index in [1.807, 2.05) is 0 Å². The zero-order valence-electron chi connectivity index (χ0n) is 20.1. The van der Waals surface area contributed by atoms with Gasteiger partial charge in [-0.1, -0.05) is 90.1 Å². The van der Waals surface area contributed by atoms with Crippen molar-refractivity contribution < 1.29 is 4.58 Å². The lowest BCUT2D eigenvalue weighted by molar-refractivity contribution is -0.553. The Balaban J connectivity index is 1.94. The van der Waals surface area contributed by atoms with Crippen LogP contribution in [0, 0.1) is 11.3 Å². The first-order valence-corrected chi connectivity index (χ1v) is 12.0. The molecule has 2 aromatic rings. The summed E-state index contributed by atoms with van der Waals surface area (Å²) in [6.45, 7) is 16.9. The Morgan fingerprint density at radius 3 is 1.97 bits per heavy atom. The molecule has 1 saturated carbocycles. The Hall–Kier alpha value is -1.89. The lowest BCUT2D eigenvalue weighted by atomic mass is 9.53. The fourth-order valence-corrected chi connectivity index (χ4v) is 6.42. The number of rotatable bonds is 5. The lowest BCUT2D eigenvalue weighted by Crippen LogP contribution is -2.58. The van der Waals surface area contributed by atoms with Crippen molar-refractivity contribution in [2.24, 2.45) is 11.3 Å². The summed E-state index contributed by atoms with van der Waals surface area (Å²) in [5, 5.41) is 0. The summed E-state index contributed by atoms with van der Waals surface area (Å²) in [7, 11) is 0. The summed E-state index contributed by atoms with van der Waals surface area (Å²) in [6.07, 6.45) is 6.52. The van der Waals surface area contributed by atoms with E-state index in [2.05, 4.69) is 108 Å². The van der Waals surface area contributed by atoms with Crippen molar-refractivity contribution in [3.63, 3.8) is 0 Å². The van der Waals surface area contributed by atoms with E-state index in [0.29, 0.717) is 23.7 Å². The first-order valence-electron chi connectivity index (χ1n) is 12.0. The average molecular weight is 403 g/mol. The fraction of sp³-hybridized carbons (Fsp3) is 0.552. The highest BCUT2D eigenvalue weighted by molar-refractivity contribution is 5.69. The third-order valence-electron chi connectivity index (χ3n) is 8.40. The van der Waals surface area contributed by atoms with E-state index in [4.69, 9.17) is 0 Å². The van der Waals surface area contributed by atoms with E-state index in [9.17, 15) is 0 Å². The summed E-state index contributed by atoms with van der Waals surface area (Å²) < 4.78 is 2.75. The zero-order chi connectivity index (χ0) is 21.7. The van der Waals surface area contributed by atoms with E-state index < -0.39 is 0 Å². The van der Waals surface area contributed by atoms with Crippen LogP contribution in [0.5, 0.6) is 0 Å². The van der Waals surface area contributed by atoms with Crippen LogP contribution >= 0.6 is 0 Å². The maximum atomic E-state index is 2.75. The Labute approximate surface area is 184 Å². The fourth-order valence-electron chi connectivity index (χ4n) is 6.42. The molecule has 2 aliphatic heterocycles. The van der Waals surface area contributed by atoms with Crippen LogP contribution < -0.4 is 0 Å². The first kappa shape index (κ1) is 21.3. The molecule has 0 aromatic heterocycles. The van der Waals surface area contributed by atoms with Gasteiger partial charge in [-0.25, -0.2) is 0 Å². The van der Waals surface area contributed by atoms with Gasteiger partial charge in [-0.15, -0.1) is 0 Å². The molecule has 0 N–H and O–H groups in total. The molecule has 0 spiro atoms. The van der Waals surface area contributed by atoms with Crippen LogP contribution in [0.4, 0.5) is 5.69 Å². The molecule has 1 aliphatic carbocycles. The molecule has 4 atom stereocenters. The van der Waals surface area contributed by atoms with Gasteiger partial charge >= 0.3 is 0 Å². The third-order valence-corrected chi connectivity index (χ3v) is 8.40. The monoisotopic (exact) mass is 402 g/mol. The molecule has 0 amide bonds. The smallest absolute Gasteiger partial charge is 0.197 e. The second-order valence-electron chi connectivity index (χ2n) is 10.9. The molecule has 0 radical (unpaired) electrons. The molecule has 2 bridgehead atoms. The topological polar surface area (TPSA) is 3.01 Å². The highest BCUT2D eigenvalue weighted by Crippen LogP contribution is 2.58. The van der Waals surface area contributed by atoms with Crippen LogP contribution in [0.15, 0.2) is 48.5 Å². The van der Waals surface area contributed by atoms with Crippen LogP contribution in [-0.2, 0) is 0 Å². The predicted octanol–water partition coefficient (Wildman–Crippen LogP) is 8.03. The summed E-state index contributed by atoms with van der Waals surface area (Å²) in [4.78, 5) is 0. The highest BCUT2D eigenvalue weighted by atomic mass is 15.1. The maximum Gasteiger partial charge on any atom is 0.212 e. The van der Waals surface area contributed by atoms with Gasteiger partial charge in [0.05, 0.1) is 5.41 Å². The number of nitrogens with zero attached hydrogens (tertiary/aromatic N) is 1. The van der Waals surface area contributed by atoms with E-state index in [1.165, 1.54) is 41.6 Å². The number of para-hydroxylation sites is 1.